The molecule has 0 bridgehead atoms. The lowest BCUT2D eigenvalue weighted by Crippen LogP contribution is -2.54. The highest BCUT2D eigenvalue weighted by atomic mass is 32.2. The molecule has 0 N–H and O–H groups in total. The van der Waals surface area contributed by atoms with Crippen molar-refractivity contribution < 1.29 is 13.2 Å². The molecule has 4 nitrogen and oxygen atoms in total. The summed E-state index contributed by atoms with van der Waals surface area (Å²) >= 11 is 0. The maximum absolute atomic E-state index is 12.7. The third kappa shape index (κ3) is 2.42. The van der Waals surface area contributed by atoms with Gasteiger partial charge in [0.15, 0.2) is 0 Å². The molecular formula is C14H19NO3S. The number of hydrogen-bond donors (Lipinski definition) is 0. The van der Waals surface area contributed by atoms with E-state index in [0.29, 0.717) is 18.0 Å². The second kappa shape index (κ2) is 5.23. The first-order valence-corrected chi connectivity index (χ1v) is 8.32. The topological polar surface area (TPSA) is 46.6 Å². The quantitative estimate of drug-likeness (QED) is 0.833. The molecule has 104 valence electrons. The molecule has 1 heterocycles. The summed E-state index contributed by atoms with van der Waals surface area (Å²) in [5, 5.41) is 0. The van der Waals surface area contributed by atoms with E-state index in [9.17, 15) is 8.42 Å². The molecule has 0 amide bonds. The Bertz CT molecular complexity index is 527. The maximum atomic E-state index is 12.7. The third-order valence-corrected chi connectivity index (χ3v) is 5.97. The van der Waals surface area contributed by atoms with Gasteiger partial charge in [0.2, 0.25) is 10.0 Å². The third-order valence-electron chi connectivity index (χ3n) is 4.03. The van der Waals surface area contributed by atoms with Crippen LogP contribution in [0.3, 0.4) is 0 Å². The Hall–Kier alpha value is -0.910. The van der Waals surface area contributed by atoms with E-state index in [1.165, 1.54) is 0 Å². The number of morpholine rings is 1. The van der Waals surface area contributed by atoms with Crippen LogP contribution < -0.4 is 0 Å². The van der Waals surface area contributed by atoms with Crippen molar-refractivity contribution >= 4 is 10.0 Å². The van der Waals surface area contributed by atoms with Crippen molar-refractivity contribution in [1.82, 2.24) is 4.31 Å². The standard InChI is InChI=1S/C14H19NO3S/c16-19(17,12-6-2-1-3-7-12)15-10-11-18-14-9-5-4-8-13(14)15/h1-3,6-7,13-14H,4-5,8-11H2. The van der Waals surface area contributed by atoms with Crippen LogP contribution >= 0.6 is 0 Å². The van der Waals surface area contributed by atoms with Crippen molar-refractivity contribution in [2.45, 2.75) is 42.7 Å². The molecule has 1 saturated heterocycles. The fraction of sp³-hybridized carbons (Fsp3) is 0.571. The number of fused-ring (bicyclic) bond motifs is 1. The van der Waals surface area contributed by atoms with E-state index in [-0.39, 0.29) is 12.1 Å². The van der Waals surface area contributed by atoms with Gasteiger partial charge in [0.25, 0.3) is 0 Å². The summed E-state index contributed by atoms with van der Waals surface area (Å²) < 4.78 is 32.8. The molecule has 1 saturated carbocycles. The number of rotatable bonds is 2. The molecule has 19 heavy (non-hydrogen) atoms. The zero-order chi connectivity index (χ0) is 13.3. The molecule has 2 fully saturated rings. The molecule has 1 aromatic carbocycles. The number of nitrogens with zero attached hydrogens (tertiary/aromatic N) is 1. The summed E-state index contributed by atoms with van der Waals surface area (Å²) in [6.07, 6.45) is 4.20. The van der Waals surface area contributed by atoms with Gasteiger partial charge in [-0.1, -0.05) is 31.0 Å². The molecule has 0 aromatic heterocycles. The Morgan fingerprint density at radius 3 is 2.63 bits per heavy atom. The van der Waals surface area contributed by atoms with E-state index in [4.69, 9.17) is 4.74 Å². The Morgan fingerprint density at radius 1 is 1.11 bits per heavy atom. The van der Waals surface area contributed by atoms with Crippen LogP contribution in [0.5, 0.6) is 0 Å². The van der Waals surface area contributed by atoms with Gasteiger partial charge in [-0.3, -0.25) is 0 Å². The highest BCUT2D eigenvalue weighted by Gasteiger charge is 2.40. The van der Waals surface area contributed by atoms with E-state index >= 15 is 0 Å². The summed E-state index contributed by atoms with van der Waals surface area (Å²) in [6.45, 7) is 0.978. The summed E-state index contributed by atoms with van der Waals surface area (Å²) in [7, 11) is -3.38. The SMILES string of the molecule is O=S(=O)(c1ccccc1)N1CCOC2CCCCC21. The number of hydrogen-bond acceptors (Lipinski definition) is 3. The van der Waals surface area contributed by atoms with E-state index < -0.39 is 10.0 Å². The van der Waals surface area contributed by atoms with Crippen molar-refractivity contribution in [1.29, 1.82) is 0 Å². The second-order valence-electron chi connectivity index (χ2n) is 5.19. The Kier molecular flexibility index (Phi) is 3.60. The fourth-order valence-electron chi connectivity index (χ4n) is 3.09. The molecule has 5 heteroatoms. The van der Waals surface area contributed by atoms with Crippen LogP contribution in [0.1, 0.15) is 25.7 Å². The first-order chi connectivity index (χ1) is 9.19. The van der Waals surface area contributed by atoms with Crippen LogP contribution in [0.25, 0.3) is 0 Å². The van der Waals surface area contributed by atoms with Crippen molar-refractivity contribution in [2.75, 3.05) is 13.2 Å². The van der Waals surface area contributed by atoms with Gasteiger partial charge in [-0.05, 0) is 25.0 Å². The van der Waals surface area contributed by atoms with Gasteiger partial charge in [0.05, 0.1) is 23.6 Å². The summed E-state index contributed by atoms with van der Waals surface area (Å²) in [5.41, 5.74) is 0. The van der Waals surface area contributed by atoms with Gasteiger partial charge in [-0.15, -0.1) is 0 Å². The summed E-state index contributed by atoms with van der Waals surface area (Å²) in [4.78, 5) is 0.390. The minimum Gasteiger partial charge on any atom is -0.375 e. The van der Waals surface area contributed by atoms with Gasteiger partial charge in [-0.2, -0.15) is 4.31 Å². The van der Waals surface area contributed by atoms with Crippen molar-refractivity contribution in [3.05, 3.63) is 30.3 Å². The van der Waals surface area contributed by atoms with Crippen LogP contribution in [0.2, 0.25) is 0 Å². The first-order valence-electron chi connectivity index (χ1n) is 6.88. The lowest BCUT2D eigenvalue weighted by molar-refractivity contribution is -0.0586. The Morgan fingerprint density at radius 2 is 1.84 bits per heavy atom. The van der Waals surface area contributed by atoms with Gasteiger partial charge >= 0.3 is 0 Å². The second-order valence-corrected chi connectivity index (χ2v) is 7.08. The van der Waals surface area contributed by atoms with Gasteiger partial charge in [0, 0.05) is 6.54 Å². The molecule has 3 rings (SSSR count). The highest BCUT2D eigenvalue weighted by molar-refractivity contribution is 7.89. The zero-order valence-corrected chi connectivity index (χ0v) is 11.7. The molecule has 2 unspecified atom stereocenters. The zero-order valence-electron chi connectivity index (χ0n) is 10.9. The monoisotopic (exact) mass is 281 g/mol. The van der Waals surface area contributed by atoms with Crippen LogP contribution in [-0.4, -0.2) is 38.0 Å². The molecule has 1 aromatic rings. The lowest BCUT2D eigenvalue weighted by Gasteiger charge is -2.42. The highest BCUT2D eigenvalue weighted by Crippen LogP contribution is 2.32. The summed E-state index contributed by atoms with van der Waals surface area (Å²) in [5.74, 6) is 0. The maximum Gasteiger partial charge on any atom is 0.243 e. The van der Waals surface area contributed by atoms with Crippen LogP contribution in [0, 0.1) is 0 Å². The predicted octanol–water partition coefficient (Wildman–Crippen LogP) is 2.02. The number of ether oxygens (including phenoxy) is 1. The van der Waals surface area contributed by atoms with Crippen molar-refractivity contribution in [2.24, 2.45) is 0 Å². The van der Waals surface area contributed by atoms with Crippen molar-refractivity contribution in [3.63, 3.8) is 0 Å². The van der Waals surface area contributed by atoms with Gasteiger partial charge in [0.1, 0.15) is 0 Å². The normalized spacial score (nSPS) is 28.8. The molecule has 1 aliphatic carbocycles. The minimum atomic E-state index is -3.38. The number of sulfonamides is 1. The molecule has 2 atom stereocenters. The molecular weight excluding hydrogens is 262 g/mol. The van der Waals surface area contributed by atoms with Gasteiger partial charge in [-0.25, -0.2) is 8.42 Å². The molecule has 0 radical (unpaired) electrons. The van der Waals surface area contributed by atoms with E-state index in [0.717, 1.165) is 25.7 Å². The van der Waals surface area contributed by atoms with E-state index in [2.05, 4.69) is 0 Å². The van der Waals surface area contributed by atoms with Crippen molar-refractivity contribution in [3.8, 4) is 0 Å². The average molecular weight is 281 g/mol. The van der Waals surface area contributed by atoms with E-state index in [1.807, 2.05) is 6.07 Å². The smallest absolute Gasteiger partial charge is 0.243 e. The fourth-order valence-corrected chi connectivity index (χ4v) is 4.77. The number of benzene rings is 1. The minimum absolute atomic E-state index is 0.0210. The first kappa shape index (κ1) is 13.1. The van der Waals surface area contributed by atoms with E-state index in [1.54, 1.807) is 28.6 Å². The average Bonchev–Trinajstić information content (AvgIpc) is 2.47. The van der Waals surface area contributed by atoms with Crippen LogP contribution in [0.15, 0.2) is 35.2 Å². The lowest BCUT2D eigenvalue weighted by atomic mass is 9.91. The molecule has 0 spiro atoms. The van der Waals surface area contributed by atoms with Crippen LogP contribution in [-0.2, 0) is 14.8 Å². The summed E-state index contributed by atoms with van der Waals surface area (Å²) in [6, 6.07) is 8.73. The predicted molar refractivity (Wildman–Crippen MR) is 72.3 cm³/mol. The molecule has 2 aliphatic rings. The largest absolute Gasteiger partial charge is 0.375 e. The molecule has 1 aliphatic heterocycles. The van der Waals surface area contributed by atoms with Gasteiger partial charge < -0.3 is 4.74 Å². The Balaban J connectivity index is 1.91. The van der Waals surface area contributed by atoms with Crippen LogP contribution in [0.4, 0.5) is 0 Å². The Labute approximate surface area is 114 Å².